The fourth-order valence-electron chi connectivity index (χ4n) is 2.70. The summed E-state index contributed by atoms with van der Waals surface area (Å²) in [5.74, 6) is -0.995. The third kappa shape index (κ3) is 3.74. The summed E-state index contributed by atoms with van der Waals surface area (Å²) < 4.78 is 19.3. The van der Waals surface area contributed by atoms with Crippen molar-refractivity contribution in [2.75, 3.05) is 11.4 Å². The highest BCUT2D eigenvalue weighted by Crippen LogP contribution is 2.27. The quantitative estimate of drug-likeness (QED) is 0.888. The van der Waals surface area contributed by atoms with Crippen molar-refractivity contribution < 1.29 is 18.7 Å². The number of nitrogens with zero attached hydrogens (tertiary/aromatic N) is 1. The van der Waals surface area contributed by atoms with E-state index in [1.165, 1.54) is 17.0 Å². The number of carbonyl (C=O) groups excluding carboxylic acids is 2. The fourth-order valence-corrected chi connectivity index (χ4v) is 2.91. The van der Waals surface area contributed by atoms with Crippen LogP contribution in [0.2, 0.25) is 5.02 Å². The van der Waals surface area contributed by atoms with Gasteiger partial charge in [-0.1, -0.05) is 17.7 Å². The lowest BCUT2D eigenvalue weighted by atomic mass is 10.1. The number of hydrogen-bond donors (Lipinski definition) is 1. The monoisotopic (exact) mass is 362 g/mol. The van der Waals surface area contributed by atoms with Crippen LogP contribution in [0.5, 0.6) is 5.75 Å². The summed E-state index contributed by atoms with van der Waals surface area (Å²) in [4.78, 5) is 24.7. The second-order valence-corrected chi connectivity index (χ2v) is 6.20. The largest absolute Gasteiger partial charge is 0.489 e. The maximum absolute atomic E-state index is 13.7. The number of nitrogens with two attached hydrogens (primary N) is 1. The van der Waals surface area contributed by atoms with Gasteiger partial charge in [-0.25, -0.2) is 4.39 Å². The van der Waals surface area contributed by atoms with Gasteiger partial charge in [0.15, 0.2) is 0 Å². The van der Waals surface area contributed by atoms with E-state index in [9.17, 15) is 14.0 Å². The molecule has 0 saturated carbocycles. The van der Waals surface area contributed by atoms with E-state index in [-0.39, 0.29) is 31.0 Å². The van der Waals surface area contributed by atoms with Crippen molar-refractivity contribution in [2.45, 2.75) is 13.0 Å². The Morgan fingerprint density at radius 1 is 1.28 bits per heavy atom. The van der Waals surface area contributed by atoms with Gasteiger partial charge >= 0.3 is 0 Å². The van der Waals surface area contributed by atoms with Crippen LogP contribution in [0.3, 0.4) is 0 Å². The predicted octanol–water partition coefficient (Wildman–Crippen LogP) is 2.90. The molecule has 0 spiro atoms. The number of anilines is 1. The standard InChI is InChI=1S/C18H16ClFN2O3/c19-15-2-1-3-16(20)14(15)10-25-13-6-4-12(5-7-13)22-9-11(18(21)24)8-17(22)23/h1-7,11H,8-10H2,(H2,21,24)/t11-/m1/s1. The fraction of sp³-hybridized carbons (Fsp3) is 0.222. The van der Waals surface area contributed by atoms with Crippen molar-refractivity contribution in [3.8, 4) is 5.75 Å². The number of benzene rings is 2. The summed E-state index contributed by atoms with van der Waals surface area (Å²) in [6, 6.07) is 11.2. The molecule has 7 heteroatoms. The minimum atomic E-state index is -0.474. The third-order valence-corrected chi connectivity index (χ3v) is 4.47. The van der Waals surface area contributed by atoms with Crippen LogP contribution in [0.1, 0.15) is 12.0 Å². The Labute approximate surface area is 149 Å². The van der Waals surface area contributed by atoms with E-state index < -0.39 is 17.6 Å². The Bertz CT molecular complexity index is 790. The Kier molecular flexibility index (Phi) is 4.90. The van der Waals surface area contributed by atoms with Crippen LogP contribution in [0, 0.1) is 11.7 Å². The summed E-state index contributed by atoms with van der Waals surface area (Å²) in [5, 5.41) is 0.303. The zero-order chi connectivity index (χ0) is 18.0. The summed E-state index contributed by atoms with van der Waals surface area (Å²) in [6.45, 7) is 0.274. The molecule has 25 heavy (non-hydrogen) atoms. The Morgan fingerprint density at radius 2 is 2.00 bits per heavy atom. The average Bonchev–Trinajstić information content (AvgIpc) is 2.97. The van der Waals surface area contributed by atoms with Crippen LogP contribution in [0.4, 0.5) is 10.1 Å². The molecule has 130 valence electrons. The molecule has 1 aliphatic heterocycles. The molecule has 2 aromatic rings. The van der Waals surface area contributed by atoms with Crippen LogP contribution in [-0.4, -0.2) is 18.4 Å². The van der Waals surface area contributed by atoms with Gasteiger partial charge in [0.05, 0.1) is 10.9 Å². The molecule has 2 aromatic carbocycles. The molecule has 2 amide bonds. The van der Waals surface area contributed by atoms with Crippen molar-refractivity contribution in [1.29, 1.82) is 0 Å². The maximum atomic E-state index is 13.7. The average molecular weight is 363 g/mol. The number of ether oxygens (including phenoxy) is 1. The van der Waals surface area contributed by atoms with E-state index in [4.69, 9.17) is 22.1 Å². The highest BCUT2D eigenvalue weighted by molar-refractivity contribution is 6.31. The molecule has 0 bridgehead atoms. The van der Waals surface area contributed by atoms with Gasteiger partial charge in [-0.3, -0.25) is 9.59 Å². The normalized spacial score (nSPS) is 17.0. The Balaban J connectivity index is 1.67. The van der Waals surface area contributed by atoms with Crippen molar-refractivity contribution >= 4 is 29.1 Å². The first kappa shape index (κ1) is 17.2. The molecule has 0 aliphatic carbocycles. The van der Waals surface area contributed by atoms with Gasteiger partial charge in [-0.05, 0) is 36.4 Å². The minimum absolute atomic E-state index is 0.00273. The van der Waals surface area contributed by atoms with Gasteiger partial charge in [-0.15, -0.1) is 0 Å². The van der Waals surface area contributed by atoms with E-state index >= 15 is 0 Å². The lowest BCUT2D eigenvalue weighted by Gasteiger charge is -2.17. The highest BCUT2D eigenvalue weighted by atomic mass is 35.5. The van der Waals surface area contributed by atoms with Crippen LogP contribution >= 0.6 is 11.6 Å². The highest BCUT2D eigenvalue weighted by Gasteiger charge is 2.33. The predicted molar refractivity (Wildman–Crippen MR) is 91.8 cm³/mol. The topological polar surface area (TPSA) is 72.6 Å². The third-order valence-electron chi connectivity index (χ3n) is 4.12. The number of amides is 2. The maximum Gasteiger partial charge on any atom is 0.227 e. The smallest absolute Gasteiger partial charge is 0.227 e. The minimum Gasteiger partial charge on any atom is -0.489 e. The zero-order valence-electron chi connectivity index (χ0n) is 13.2. The zero-order valence-corrected chi connectivity index (χ0v) is 14.0. The van der Waals surface area contributed by atoms with Crippen molar-refractivity contribution in [2.24, 2.45) is 11.7 Å². The van der Waals surface area contributed by atoms with Crippen molar-refractivity contribution in [3.63, 3.8) is 0 Å². The van der Waals surface area contributed by atoms with E-state index in [1.54, 1.807) is 30.3 Å². The van der Waals surface area contributed by atoms with E-state index in [1.807, 2.05) is 0 Å². The first-order chi connectivity index (χ1) is 12.0. The van der Waals surface area contributed by atoms with E-state index in [2.05, 4.69) is 0 Å². The molecule has 0 unspecified atom stereocenters. The molecular formula is C18H16ClFN2O3. The second-order valence-electron chi connectivity index (χ2n) is 5.79. The molecule has 2 N–H and O–H groups in total. The summed E-state index contributed by atoms with van der Waals surface area (Å²) in [5.41, 5.74) is 6.21. The van der Waals surface area contributed by atoms with E-state index in [0.29, 0.717) is 16.5 Å². The van der Waals surface area contributed by atoms with Crippen LogP contribution in [0.15, 0.2) is 42.5 Å². The van der Waals surface area contributed by atoms with Gasteiger partial charge < -0.3 is 15.4 Å². The summed E-state index contributed by atoms with van der Waals surface area (Å²) in [7, 11) is 0. The number of hydrogen-bond acceptors (Lipinski definition) is 3. The lowest BCUT2D eigenvalue weighted by Crippen LogP contribution is -2.28. The second kappa shape index (κ2) is 7.11. The SMILES string of the molecule is NC(=O)[C@@H]1CC(=O)N(c2ccc(OCc3c(F)cccc3Cl)cc2)C1. The molecule has 1 heterocycles. The molecule has 0 radical (unpaired) electrons. The van der Waals surface area contributed by atoms with Gasteiger partial charge in [0.25, 0.3) is 0 Å². The molecule has 5 nitrogen and oxygen atoms in total. The first-order valence-corrected chi connectivity index (χ1v) is 8.09. The lowest BCUT2D eigenvalue weighted by molar-refractivity contribution is -0.123. The van der Waals surface area contributed by atoms with Crippen LogP contribution < -0.4 is 15.4 Å². The van der Waals surface area contributed by atoms with Crippen LogP contribution in [0.25, 0.3) is 0 Å². The molecule has 1 fully saturated rings. The molecule has 3 rings (SSSR count). The number of carbonyl (C=O) groups is 2. The van der Waals surface area contributed by atoms with Gasteiger partial charge in [-0.2, -0.15) is 0 Å². The van der Waals surface area contributed by atoms with Gasteiger partial charge in [0.1, 0.15) is 18.2 Å². The molecular weight excluding hydrogens is 347 g/mol. The van der Waals surface area contributed by atoms with Gasteiger partial charge in [0, 0.05) is 24.2 Å². The molecule has 1 saturated heterocycles. The Hall–Kier alpha value is -2.60. The van der Waals surface area contributed by atoms with Crippen molar-refractivity contribution in [1.82, 2.24) is 0 Å². The first-order valence-electron chi connectivity index (χ1n) is 7.71. The molecule has 1 atom stereocenters. The van der Waals surface area contributed by atoms with E-state index in [0.717, 1.165) is 0 Å². The van der Waals surface area contributed by atoms with Gasteiger partial charge in [0.2, 0.25) is 11.8 Å². The van der Waals surface area contributed by atoms with Crippen molar-refractivity contribution in [3.05, 3.63) is 58.9 Å². The number of rotatable bonds is 5. The molecule has 0 aromatic heterocycles. The summed E-state index contributed by atoms with van der Waals surface area (Å²) >= 11 is 5.96. The van der Waals surface area contributed by atoms with Crippen LogP contribution in [-0.2, 0) is 16.2 Å². The summed E-state index contributed by atoms with van der Waals surface area (Å²) in [6.07, 6.45) is 0.124. The number of halogens is 2. The molecule has 1 aliphatic rings. The Morgan fingerprint density at radius 3 is 2.60 bits per heavy atom. The number of primary amides is 1.